The van der Waals surface area contributed by atoms with E-state index in [2.05, 4.69) is 5.10 Å². The molecule has 4 nitrogen and oxygen atoms in total. The van der Waals surface area contributed by atoms with Crippen LogP contribution in [-0.4, -0.2) is 11.6 Å². The molecular formula is C24H19ClN2O2. The number of carbonyl (C=O) groups is 1. The zero-order valence-electron chi connectivity index (χ0n) is 15.9. The Morgan fingerprint density at radius 3 is 2.55 bits per heavy atom. The van der Waals surface area contributed by atoms with Gasteiger partial charge in [0.05, 0.1) is 17.0 Å². The third kappa shape index (κ3) is 4.23. The average Bonchev–Trinajstić information content (AvgIpc) is 3.02. The van der Waals surface area contributed by atoms with Gasteiger partial charge in [-0.15, -0.1) is 0 Å². The van der Waals surface area contributed by atoms with E-state index in [-0.39, 0.29) is 5.91 Å². The number of anilines is 1. The summed E-state index contributed by atoms with van der Waals surface area (Å²) >= 11 is 6.19. The second kappa shape index (κ2) is 8.33. The van der Waals surface area contributed by atoms with Crippen LogP contribution in [0, 0.1) is 0 Å². The standard InChI is InChI=1S/C24H19ClN2O2/c1-17-22(24(28)27(26-17)20-10-3-2-4-11-20)15-18-8-7-12-21(14-18)29-16-19-9-5-6-13-23(19)25/h2-15H,16H2,1H3/b22-15+. The second-order valence-corrected chi connectivity index (χ2v) is 7.06. The number of hydrazone groups is 1. The van der Waals surface area contributed by atoms with Crippen LogP contribution in [0.4, 0.5) is 5.69 Å². The van der Waals surface area contributed by atoms with Gasteiger partial charge in [-0.05, 0) is 48.9 Å². The zero-order valence-corrected chi connectivity index (χ0v) is 16.6. The number of ether oxygens (including phenoxy) is 1. The van der Waals surface area contributed by atoms with Crippen LogP contribution in [0.25, 0.3) is 6.08 Å². The van der Waals surface area contributed by atoms with Gasteiger partial charge in [0, 0.05) is 10.6 Å². The molecule has 0 bridgehead atoms. The lowest BCUT2D eigenvalue weighted by atomic mass is 10.1. The number of amides is 1. The highest BCUT2D eigenvalue weighted by molar-refractivity contribution is 6.32. The molecule has 0 unspecified atom stereocenters. The molecule has 0 radical (unpaired) electrons. The molecule has 4 rings (SSSR count). The Kier molecular flexibility index (Phi) is 5.45. The van der Waals surface area contributed by atoms with Gasteiger partial charge in [-0.25, -0.2) is 0 Å². The van der Waals surface area contributed by atoms with E-state index in [1.807, 2.05) is 91.9 Å². The molecular weight excluding hydrogens is 384 g/mol. The highest BCUT2D eigenvalue weighted by Crippen LogP contribution is 2.26. The maximum Gasteiger partial charge on any atom is 0.280 e. The van der Waals surface area contributed by atoms with Crippen LogP contribution in [-0.2, 0) is 11.4 Å². The molecule has 0 saturated carbocycles. The summed E-state index contributed by atoms with van der Waals surface area (Å²) in [5.41, 5.74) is 3.79. The first kappa shape index (κ1) is 19.0. The van der Waals surface area contributed by atoms with Crippen LogP contribution < -0.4 is 9.75 Å². The number of para-hydroxylation sites is 1. The van der Waals surface area contributed by atoms with Crippen LogP contribution in [0.1, 0.15) is 18.1 Å². The fraction of sp³-hybridized carbons (Fsp3) is 0.0833. The monoisotopic (exact) mass is 402 g/mol. The average molecular weight is 403 g/mol. The Balaban J connectivity index is 1.53. The summed E-state index contributed by atoms with van der Waals surface area (Å²) in [7, 11) is 0. The highest BCUT2D eigenvalue weighted by Gasteiger charge is 2.28. The fourth-order valence-electron chi connectivity index (χ4n) is 3.07. The van der Waals surface area contributed by atoms with Gasteiger partial charge in [-0.3, -0.25) is 4.79 Å². The number of nitrogens with zero attached hydrogens (tertiary/aromatic N) is 2. The van der Waals surface area contributed by atoms with Crippen molar-refractivity contribution in [1.82, 2.24) is 0 Å². The van der Waals surface area contributed by atoms with Crippen molar-refractivity contribution in [2.24, 2.45) is 5.10 Å². The minimum absolute atomic E-state index is 0.143. The van der Waals surface area contributed by atoms with Crippen molar-refractivity contribution in [3.63, 3.8) is 0 Å². The molecule has 0 saturated heterocycles. The lowest BCUT2D eigenvalue weighted by Gasteiger charge is -2.11. The lowest BCUT2D eigenvalue weighted by molar-refractivity contribution is -0.114. The van der Waals surface area contributed by atoms with E-state index in [0.717, 1.165) is 16.8 Å². The summed E-state index contributed by atoms with van der Waals surface area (Å²) in [5, 5.41) is 6.52. The van der Waals surface area contributed by atoms with Crippen molar-refractivity contribution in [3.8, 4) is 5.75 Å². The quantitative estimate of drug-likeness (QED) is 0.512. The van der Waals surface area contributed by atoms with Crippen LogP contribution in [0.5, 0.6) is 5.75 Å². The summed E-state index contributed by atoms with van der Waals surface area (Å²) in [4.78, 5) is 12.9. The van der Waals surface area contributed by atoms with E-state index in [1.165, 1.54) is 5.01 Å². The molecule has 0 N–H and O–H groups in total. The maximum atomic E-state index is 12.9. The van der Waals surface area contributed by atoms with Crippen molar-refractivity contribution in [2.45, 2.75) is 13.5 Å². The summed E-state index contributed by atoms with van der Waals surface area (Å²) in [6.07, 6.45) is 1.84. The van der Waals surface area contributed by atoms with Gasteiger partial charge in [0.2, 0.25) is 0 Å². The Hall–Kier alpha value is -3.37. The maximum absolute atomic E-state index is 12.9. The summed E-state index contributed by atoms with van der Waals surface area (Å²) in [6.45, 7) is 2.21. The summed E-state index contributed by atoms with van der Waals surface area (Å²) in [5.74, 6) is 0.565. The van der Waals surface area contributed by atoms with Gasteiger partial charge in [0.25, 0.3) is 5.91 Å². The second-order valence-electron chi connectivity index (χ2n) is 6.65. The first-order valence-electron chi connectivity index (χ1n) is 9.25. The topological polar surface area (TPSA) is 41.9 Å². The van der Waals surface area contributed by atoms with Crippen LogP contribution in [0.15, 0.2) is 89.5 Å². The third-order valence-corrected chi connectivity index (χ3v) is 4.95. The number of hydrogen-bond acceptors (Lipinski definition) is 3. The van der Waals surface area contributed by atoms with Crippen molar-refractivity contribution >= 4 is 35.0 Å². The van der Waals surface area contributed by atoms with E-state index >= 15 is 0 Å². The first-order chi connectivity index (χ1) is 14.1. The van der Waals surface area contributed by atoms with E-state index in [0.29, 0.717) is 28.7 Å². The lowest BCUT2D eigenvalue weighted by Crippen LogP contribution is -2.21. The predicted octanol–water partition coefficient (Wildman–Crippen LogP) is 5.73. The molecule has 1 amide bonds. The third-order valence-electron chi connectivity index (χ3n) is 4.58. The molecule has 5 heteroatoms. The van der Waals surface area contributed by atoms with Gasteiger partial charge >= 0.3 is 0 Å². The molecule has 1 heterocycles. The number of rotatable bonds is 5. The number of benzene rings is 3. The Labute approximate surface area is 174 Å². The van der Waals surface area contributed by atoms with E-state index < -0.39 is 0 Å². The zero-order chi connectivity index (χ0) is 20.2. The van der Waals surface area contributed by atoms with Crippen molar-refractivity contribution in [1.29, 1.82) is 0 Å². The SMILES string of the molecule is CC1=NN(c2ccccc2)C(=O)/C1=C/c1cccc(OCc2ccccc2Cl)c1. The van der Waals surface area contributed by atoms with E-state index in [4.69, 9.17) is 16.3 Å². The Morgan fingerprint density at radius 2 is 1.76 bits per heavy atom. The Bertz CT molecular complexity index is 1110. The van der Waals surface area contributed by atoms with Gasteiger partial charge in [-0.2, -0.15) is 10.1 Å². The summed E-state index contributed by atoms with van der Waals surface area (Å²) in [6, 6.07) is 24.6. The largest absolute Gasteiger partial charge is 0.489 e. The first-order valence-corrected chi connectivity index (χ1v) is 9.62. The molecule has 0 aromatic heterocycles. The predicted molar refractivity (Wildman–Crippen MR) is 117 cm³/mol. The van der Waals surface area contributed by atoms with Gasteiger partial charge < -0.3 is 4.74 Å². The van der Waals surface area contributed by atoms with Crippen molar-refractivity contribution in [3.05, 3.63) is 101 Å². The smallest absolute Gasteiger partial charge is 0.280 e. The van der Waals surface area contributed by atoms with Crippen LogP contribution >= 0.6 is 11.6 Å². The van der Waals surface area contributed by atoms with Crippen LogP contribution in [0.2, 0.25) is 5.02 Å². The van der Waals surface area contributed by atoms with Gasteiger partial charge in [0.15, 0.2) is 0 Å². The molecule has 0 aliphatic carbocycles. The molecule has 1 aliphatic rings. The van der Waals surface area contributed by atoms with Gasteiger partial charge in [-0.1, -0.05) is 60.1 Å². The number of carbonyl (C=O) groups excluding carboxylic acids is 1. The van der Waals surface area contributed by atoms with Crippen molar-refractivity contribution in [2.75, 3.05) is 5.01 Å². The van der Waals surface area contributed by atoms with Crippen molar-refractivity contribution < 1.29 is 9.53 Å². The highest BCUT2D eigenvalue weighted by atomic mass is 35.5. The molecule has 144 valence electrons. The summed E-state index contributed by atoms with van der Waals surface area (Å²) < 4.78 is 5.88. The minimum atomic E-state index is -0.143. The molecule has 0 fully saturated rings. The number of hydrogen-bond donors (Lipinski definition) is 0. The molecule has 3 aromatic carbocycles. The molecule has 0 atom stereocenters. The fourth-order valence-corrected chi connectivity index (χ4v) is 3.26. The van der Waals surface area contributed by atoms with Gasteiger partial charge in [0.1, 0.15) is 12.4 Å². The Morgan fingerprint density at radius 1 is 1.00 bits per heavy atom. The van der Waals surface area contributed by atoms with E-state index in [9.17, 15) is 4.79 Å². The van der Waals surface area contributed by atoms with Crippen LogP contribution in [0.3, 0.4) is 0 Å². The molecule has 1 aliphatic heterocycles. The normalized spacial score (nSPS) is 15.0. The minimum Gasteiger partial charge on any atom is -0.489 e. The number of halogens is 1. The molecule has 29 heavy (non-hydrogen) atoms. The molecule has 3 aromatic rings. The molecule has 0 spiro atoms. The van der Waals surface area contributed by atoms with E-state index in [1.54, 1.807) is 0 Å².